The highest BCUT2D eigenvalue weighted by molar-refractivity contribution is 7.17. The van der Waals surface area contributed by atoms with Crippen LogP contribution < -0.4 is 0 Å². The van der Waals surface area contributed by atoms with Gasteiger partial charge in [-0.2, -0.15) is 0 Å². The third-order valence-electron chi connectivity index (χ3n) is 5.72. The Morgan fingerprint density at radius 3 is 2.52 bits per heavy atom. The first-order chi connectivity index (χ1) is 15.1. The maximum Gasteiger partial charge on any atom is 0.177 e. The number of hydrogen-bond acceptors (Lipinski definition) is 3. The van der Waals surface area contributed by atoms with E-state index in [-0.39, 0.29) is 12.2 Å². The molecule has 1 aliphatic rings. The van der Waals surface area contributed by atoms with Crippen LogP contribution in [-0.2, 0) is 19.3 Å². The van der Waals surface area contributed by atoms with Crippen LogP contribution >= 0.6 is 34.5 Å². The van der Waals surface area contributed by atoms with Crippen LogP contribution in [0.25, 0.3) is 21.6 Å². The maximum atomic E-state index is 13.1. The standard InChI is InChI=1S/C26H19Cl2NOS/c27-22-7-2-8-23(28)21(22)14-24(30)25-13-18-5-1-4-16-9-10-17(12-20(16)26(18)31-25)19-6-3-11-29-15-19/h2-3,6-13,15H,1,4-5,14H2. The molecule has 154 valence electrons. The van der Waals surface area contributed by atoms with E-state index < -0.39 is 0 Å². The monoisotopic (exact) mass is 463 g/mol. The highest BCUT2D eigenvalue weighted by Gasteiger charge is 2.22. The Morgan fingerprint density at radius 1 is 0.935 bits per heavy atom. The lowest BCUT2D eigenvalue weighted by molar-refractivity contribution is 0.0997. The summed E-state index contributed by atoms with van der Waals surface area (Å²) in [5.74, 6) is 0.0537. The number of ketones is 1. The fraction of sp³-hybridized carbons (Fsp3) is 0.154. The minimum atomic E-state index is 0.0537. The quantitative estimate of drug-likeness (QED) is 0.290. The molecule has 0 amide bonds. The fourth-order valence-electron chi connectivity index (χ4n) is 4.12. The van der Waals surface area contributed by atoms with E-state index in [0.29, 0.717) is 15.6 Å². The Bertz CT molecular complexity index is 1260. The van der Waals surface area contributed by atoms with Crippen LogP contribution in [-0.4, -0.2) is 10.8 Å². The van der Waals surface area contributed by atoms with Crippen molar-refractivity contribution in [2.24, 2.45) is 0 Å². The number of aryl methyl sites for hydroxylation is 2. The van der Waals surface area contributed by atoms with E-state index in [1.54, 1.807) is 35.7 Å². The summed E-state index contributed by atoms with van der Waals surface area (Å²) in [5.41, 5.74) is 6.75. The lowest BCUT2D eigenvalue weighted by atomic mass is 9.98. The first-order valence-corrected chi connectivity index (χ1v) is 11.8. The number of aromatic nitrogens is 1. The number of carbonyl (C=O) groups excluding carboxylic acids is 1. The zero-order valence-corrected chi connectivity index (χ0v) is 19.0. The van der Waals surface area contributed by atoms with Gasteiger partial charge in [0.1, 0.15) is 0 Å². The summed E-state index contributed by atoms with van der Waals surface area (Å²) in [6, 6.07) is 18.1. The number of rotatable bonds is 4. The number of halogens is 2. The Kier molecular flexibility index (Phi) is 5.66. The molecule has 0 saturated heterocycles. The molecule has 5 heteroatoms. The second-order valence-corrected chi connectivity index (χ2v) is 9.60. The second kappa shape index (κ2) is 8.58. The van der Waals surface area contributed by atoms with Gasteiger partial charge >= 0.3 is 0 Å². The van der Waals surface area contributed by atoms with Gasteiger partial charge in [-0.25, -0.2) is 0 Å². The van der Waals surface area contributed by atoms with Crippen molar-refractivity contribution in [3.05, 3.63) is 98.6 Å². The SMILES string of the molecule is O=C(Cc1c(Cl)cccc1Cl)c1cc2c(s1)-c1cc(-c3cccnc3)ccc1CCC2. The average Bonchev–Trinajstić information content (AvgIpc) is 3.14. The summed E-state index contributed by atoms with van der Waals surface area (Å²) in [7, 11) is 0. The molecular weight excluding hydrogens is 445 g/mol. The van der Waals surface area contributed by atoms with Crippen LogP contribution in [0.2, 0.25) is 10.0 Å². The number of carbonyl (C=O) groups is 1. The van der Waals surface area contributed by atoms with Crippen LogP contribution in [0.3, 0.4) is 0 Å². The summed E-state index contributed by atoms with van der Waals surface area (Å²) in [6.07, 6.45) is 6.97. The van der Waals surface area contributed by atoms with Crippen molar-refractivity contribution < 1.29 is 4.79 Å². The average molecular weight is 464 g/mol. The predicted molar refractivity (Wildman–Crippen MR) is 130 cm³/mol. The maximum absolute atomic E-state index is 13.1. The lowest BCUT2D eigenvalue weighted by Gasteiger charge is -2.09. The molecule has 0 fully saturated rings. The van der Waals surface area contributed by atoms with Crippen molar-refractivity contribution >= 4 is 40.3 Å². The third-order valence-corrected chi connectivity index (χ3v) is 7.68. The fourth-order valence-corrected chi connectivity index (χ4v) is 5.85. The van der Waals surface area contributed by atoms with Crippen molar-refractivity contribution in [1.29, 1.82) is 0 Å². The van der Waals surface area contributed by atoms with E-state index in [0.717, 1.165) is 35.3 Å². The summed E-state index contributed by atoms with van der Waals surface area (Å²) in [4.78, 5) is 19.3. The Labute approximate surface area is 195 Å². The van der Waals surface area contributed by atoms with E-state index in [1.807, 2.05) is 12.3 Å². The van der Waals surface area contributed by atoms with Gasteiger partial charge in [-0.15, -0.1) is 11.3 Å². The zero-order valence-electron chi connectivity index (χ0n) is 16.7. The number of thiophene rings is 1. The third kappa shape index (κ3) is 4.06. The summed E-state index contributed by atoms with van der Waals surface area (Å²) in [6.45, 7) is 0. The molecule has 31 heavy (non-hydrogen) atoms. The van der Waals surface area contributed by atoms with Crippen molar-refractivity contribution in [2.75, 3.05) is 0 Å². The smallest absolute Gasteiger partial charge is 0.177 e. The van der Waals surface area contributed by atoms with Crippen LogP contribution in [0.1, 0.15) is 32.8 Å². The van der Waals surface area contributed by atoms with Crippen molar-refractivity contribution in [3.8, 4) is 21.6 Å². The van der Waals surface area contributed by atoms with E-state index in [4.69, 9.17) is 23.2 Å². The number of benzene rings is 2. The van der Waals surface area contributed by atoms with E-state index in [2.05, 4.69) is 35.3 Å². The number of hydrogen-bond donors (Lipinski definition) is 0. The minimum absolute atomic E-state index is 0.0537. The van der Waals surface area contributed by atoms with Gasteiger partial charge in [0.15, 0.2) is 5.78 Å². The van der Waals surface area contributed by atoms with Crippen LogP contribution in [0.5, 0.6) is 0 Å². The molecule has 2 aromatic heterocycles. The molecule has 0 bridgehead atoms. The van der Waals surface area contributed by atoms with E-state index >= 15 is 0 Å². The zero-order chi connectivity index (χ0) is 21.4. The number of nitrogens with zero attached hydrogens (tertiary/aromatic N) is 1. The van der Waals surface area contributed by atoms with Crippen molar-refractivity contribution in [2.45, 2.75) is 25.7 Å². The van der Waals surface area contributed by atoms with Gasteiger partial charge in [-0.3, -0.25) is 9.78 Å². The molecule has 4 aromatic rings. The van der Waals surface area contributed by atoms with E-state index in [1.165, 1.54) is 21.6 Å². The molecule has 0 atom stereocenters. The van der Waals surface area contributed by atoms with Gasteiger partial charge in [0.2, 0.25) is 0 Å². The largest absolute Gasteiger partial charge is 0.293 e. The molecule has 5 rings (SSSR count). The number of Topliss-reactive ketones (excluding diaryl/α,β-unsaturated/α-hetero) is 1. The molecule has 2 aromatic carbocycles. The Hall–Kier alpha value is -2.46. The van der Waals surface area contributed by atoms with Gasteiger partial charge < -0.3 is 0 Å². The second-order valence-electron chi connectivity index (χ2n) is 7.73. The molecular formula is C26H19Cl2NOS. The molecule has 2 nitrogen and oxygen atoms in total. The molecule has 1 aliphatic carbocycles. The topological polar surface area (TPSA) is 30.0 Å². The minimum Gasteiger partial charge on any atom is -0.293 e. The number of pyridine rings is 1. The molecule has 0 saturated carbocycles. The van der Waals surface area contributed by atoms with Gasteiger partial charge in [-0.05, 0) is 77.4 Å². The van der Waals surface area contributed by atoms with Gasteiger partial charge in [0, 0.05) is 39.3 Å². The van der Waals surface area contributed by atoms with Crippen LogP contribution in [0.15, 0.2) is 67.0 Å². The summed E-state index contributed by atoms with van der Waals surface area (Å²) in [5, 5.41) is 1.07. The summed E-state index contributed by atoms with van der Waals surface area (Å²) >= 11 is 14.2. The molecule has 0 spiro atoms. The first-order valence-electron chi connectivity index (χ1n) is 10.2. The predicted octanol–water partition coefficient (Wildman–Crippen LogP) is 7.70. The van der Waals surface area contributed by atoms with Gasteiger partial charge in [-0.1, -0.05) is 47.5 Å². The number of fused-ring (bicyclic) bond motifs is 3. The van der Waals surface area contributed by atoms with Crippen molar-refractivity contribution in [1.82, 2.24) is 4.98 Å². The van der Waals surface area contributed by atoms with E-state index in [9.17, 15) is 4.79 Å². The molecule has 2 heterocycles. The van der Waals surface area contributed by atoms with Crippen molar-refractivity contribution in [3.63, 3.8) is 0 Å². The van der Waals surface area contributed by atoms with Gasteiger partial charge in [0.05, 0.1) is 4.88 Å². The summed E-state index contributed by atoms with van der Waals surface area (Å²) < 4.78 is 0. The van der Waals surface area contributed by atoms with Crippen LogP contribution in [0.4, 0.5) is 0 Å². The Morgan fingerprint density at radius 2 is 1.74 bits per heavy atom. The molecule has 0 radical (unpaired) electrons. The molecule has 0 aliphatic heterocycles. The molecule has 0 N–H and O–H groups in total. The normalized spacial score (nSPS) is 12.7. The van der Waals surface area contributed by atoms with Crippen LogP contribution in [0, 0.1) is 0 Å². The lowest BCUT2D eigenvalue weighted by Crippen LogP contribution is -2.02. The Balaban J connectivity index is 1.53. The highest BCUT2D eigenvalue weighted by Crippen LogP contribution is 2.41. The van der Waals surface area contributed by atoms with Gasteiger partial charge in [0.25, 0.3) is 0 Å². The first kappa shape index (κ1) is 20.4. The molecule has 0 unspecified atom stereocenters. The highest BCUT2D eigenvalue weighted by atomic mass is 35.5.